The van der Waals surface area contributed by atoms with Gasteiger partial charge in [-0.3, -0.25) is 4.98 Å². The minimum absolute atomic E-state index is 0.200. The number of hydrogen-bond acceptors (Lipinski definition) is 5. The molecule has 1 aliphatic heterocycles. The van der Waals surface area contributed by atoms with Crippen LogP contribution in [-0.2, 0) is 13.0 Å². The topological polar surface area (TPSA) is 51.1 Å². The molecule has 0 N–H and O–H groups in total. The zero-order valence-corrected chi connectivity index (χ0v) is 19.9. The SMILES string of the molecule is Cc1cc(-c2ccc3c(c2)CN(c2ncnc4c2C(C(C)(C)F)CCC4)CCO3)cnc1C. The summed E-state index contributed by atoms with van der Waals surface area (Å²) in [5.74, 6) is 1.54. The molecule has 0 saturated heterocycles. The fraction of sp³-hybridized carbons (Fsp3) is 0.444. The van der Waals surface area contributed by atoms with Gasteiger partial charge in [0.1, 0.15) is 30.2 Å². The molecule has 5 nitrogen and oxygen atoms in total. The number of ether oxygens (including phenoxy) is 1. The number of anilines is 1. The summed E-state index contributed by atoms with van der Waals surface area (Å²) >= 11 is 0. The molecule has 172 valence electrons. The first kappa shape index (κ1) is 21.8. The number of pyridine rings is 1. The van der Waals surface area contributed by atoms with Crippen LogP contribution in [0.4, 0.5) is 10.2 Å². The molecule has 3 aromatic rings. The molecule has 1 atom stereocenters. The van der Waals surface area contributed by atoms with Gasteiger partial charge < -0.3 is 9.64 Å². The van der Waals surface area contributed by atoms with Gasteiger partial charge in [-0.15, -0.1) is 0 Å². The van der Waals surface area contributed by atoms with Crippen LogP contribution in [0.1, 0.15) is 60.7 Å². The zero-order valence-electron chi connectivity index (χ0n) is 19.9. The number of benzene rings is 1. The van der Waals surface area contributed by atoms with Crippen molar-refractivity contribution in [3.8, 4) is 16.9 Å². The van der Waals surface area contributed by atoms with E-state index < -0.39 is 5.67 Å². The van der Waals surface area contributed by atoms with Crippen molar-refractivity contribution in [3.63, 3.8) is 0 Å². The Hall–Kier alpha value is -3.02. The van der Waals surface area contributed by atoms with Crippen molar-refractivity contribution < 1.29 is 9.13 Å². The molecular formula is C27H31FN4O. The smallest absolute Gasteiger partial charge is 0.136 e. The van der Waals surface area contributed by atoms with Gasteiger partial charge in [0.2, 0.25) is 0 Å². The van der Waals surface area contributed by atoms with Gasteiger partial charge in [-0.25, -0.2) is 14.4 Å². The van der Waals surface area contributed by atoms with Crippen molar-refractivity contribution in [2.45, 2.75) is 65.1 Å². The van der Waals surface area contributed by atoms with Crippen molar-refractivity contribution in [2.24, 2.45) is 0 Å². The van der Waals surface area contributed by atoms with Crippen LogP contribution < -0.4 is 9.64 Å². The van der Waals surface area contributed by atoms with Gasteiger partial charge in [-0.1, -0.05) is 6.07 Å². The fourth-order valence-electron chi connectivity index (χ4n) is 5.09. The van der Waals surface area contributed by atoms with E-state index >= 15 is 4.39 Å². The molecule has 0 saturated carbocycles. The Kier molecular flexibility index (Phi) is 5.55. The number of hydrogen-bond donors (Lipinski definition) is 0. The van der Waals surface area contributed by atoms with Crippen LogP contribution in [0, 0.1) is 13.8 Å². The first-order valence-electron chi connectivity index (χ1n) is 11.8. The first-order chi connectivity index (χ1) is 15.8. The molecule has 1 aliphatic carbocycles. The molecule has 0 amide bonds. The predicted molar refractivity (Wildman–Crippen MR) is 129 cm³/mol. The maximum absolute atomic E-state index is 15.2. The Morgan fingerprint density at radius 2 is 1.94 bits per heavy atom. The van der Waals surface area contributed by atoms with Crippen LogP contribution in [0.25, 0.3) is 11.1 Å². The van der Waals surface area contributed by atoms with Gasteiger partial charge in [-0.2, -0.15) is 0 Å². The first-order valence-corrected chi connectivity index (χ1v) is 11.8. The van der Waals surface area contributed by atoms with Gasteiger partial charge in [0.25, 0.3) is 0 Å². The Bertz CT molecular complexity index is 1190. The van der Waals surface area contributed by atoms with Gasteiger partial charge in [-0.05, 0) is 76.3 Å². The summed E-state index contributed by atoms with van der Waals surface area (Å²) in [7, 11) is 0. The maximum Gasteiger partial charge on any atom is 0.136 e. The lowest BCUT2D eigenvalue weighted by molar-refractivity contribution is 0.158. The maximum atomic E-state index is 15.2. The summed E-state index contributed by atoms with van der Waals surface area (Å²) in [6.07, 6.45) is 6.21. The monoisotopic (exact) mass is 446 g/mol. The largest absolute Gasteiger partial charge is 0.491 e. The average molecular weight is 447 g/mol. The van der Waals surface area contributed by atoms with Crippen molar-refractivity contribution in [1.82, 2.24) is 15.0 Å². The van der Waals surface area contributed by atoms with Crippen molar-refractivity contribution in [3.05, 3.63) is 64.9 Å². The summed E-state index contributed by atoms with van der Waals surface area (Å²) in [5, 5.41) is 0. The second kappa shape index (κ2) is 8.40. The van der Waals surface area contributed by atoms with Gasteiger partial charge in [0, 0.05) is 46.7 Å². The zero-order chi connectivity index (χ0) is 23.2. The predicted octanol–water partition coefficient (Wildman–Crippen LogP) is 5.72. The Morgan fingerprint density at radius 3 is 2.73 bits per heavy atom. The third-order valence-electron chi connectivity index (χ3n) is 7.04. The fourth-order valence-corrected chi connectivity index (χ4v) is 5.09. The summed E-state index contributed by atoms with van der Waals surface area (Å²) in [6.45, 7) is 9.36. The second-order valence-corrected chi connectivity index (χ2v) is 9.79. The summed E-state index contributed by atoms with van der Waals surface area (Å²) < 4.78 is 21.3. The van der Waals surface area contributed by atoms with Crippen molar-refractivity contribution >= 4 is 5.82 Å². The van der Waals surface area contributed by atoms with E-state index in [2.05, 4.69) is 45.0 Å². The number of nitrogens with zero attached hydrogens (tertiary/aromatic N) is 4. The van der Waals surface area contributed by atoms with E-state index in [0.29, 0.717) is 19.7 Å². The highest BCUT2D eigenvalue weighted by Crippen LogP contribution is 2.44. The molecular weight excluding hydrogens is 415 g/mol. The van der Waals surface area contributed by atoms with Gasteiger partial charge in [0.05, 0.1) is 6.54 Å². The van der Waals surface area contributed by atoms with Gasteiger partial charge >= 0.3 is 0 Å². The van der Waals surface area contributed by atoms with E-state index in [1.165, 1.54) is 5.56 Å². The number of rotatable bonds is 3. The highest BCUT2D eigenvalue weighted by molar-refractivity contribution is 5.66. The summed E-state index contributed by atoms with van der Waals surface area (Å²) in [4.78, 5) is 16.0. The quantitative estimate of drug-likeness (QED) is 0.515. The van der Waals surface area contributed by atoms with Crippen molar-refractivity contribution in [2.75, 3.05) is 18.1 Å². The molecule has 2 aromatic heterocycles. The van der Waals surface area contributed by atoms with Crippen LogP contribution in [0.5, 0.6) is 5.75 Å². The normalized spacial score (nSPS) is 18.2. The highest BCUT2D eigenvalue weighted by atomic mass is 19.1. The Labute approximate surface area is 195 Å². The van der Waals surface area contributed by atoms with Gasteiger partial charge in [0.15, 0.2) is 0 Å². The van der Waals surface area contributed by atoms with Crippen LogP contribution in [0.2, 0.25) is 0 Å². The molecule has 3 heterocycles. The summed E-state index contributed by atoms with van der Waals surface area (Å²) in [5.41, 5.74) is 6.17. The van der Waals surface area contributed by atoms with Crippen LogP contribution in [-0.4, -0.2) is 33.8 Å². The van der Waals surface area contributed by atoms with E-state index in [-0.39, 0.29) is 5.92 Å². The Balaban J connectivity index is 1.53. The average Bonchev–Trinajstić information content (AvgIpc) is 3.01. The minimum atomic E-state index is -1.32. The molecule has 0 fully saturated rings. The lowest BCUT2D eigenvalue weighted by Crippen LogP contribution is -2.33. The van der Waals surface area contributed by atoms with E-state index in [1.807, 2.05) is 19.2 Å². The molecule has 6 heteroatoms. The van der Waals surface area contributed by atoms with E-state index in [9.17, 15) is 0 Å². The van der Waals surface area contributed by atoms with Crippen LogP contribution >= 0.6 is 0 Å². The highest BCUT2D eigenvalue weighted by Gasteiger charge is 2.38. The lowest BCUT2D eigenvalue weighted by atomic mass is 9.77. The molecule has 1 unspecified atom stereocenters. The third kappa shape index (κ3) is 4.19. The van der Waals surface area contributed by atoms with Crippen LogP contribution in [0.3, 0.4) is 0 Å². The second-order valence-electron chi connectivity index (χ2n) is 9.79. The minimum Gasteiger partial charge on any atom is -0.491 e. The van der Waals surface area contributed by atoms with Crippen molar-refractivity contribution in [1.29, 1.82) is 0 Å². The molecule has 0 bridgehead atoms. The van der Waals surface area contributed by atoms with E-state index in [4.69, 9.17) is 4.74 Å². The molecule has 5 rings (SSSR count). The van der Waals surface area contributed by atoms with Crippen LogP contribution in [0.15, 0.2) is 36.8 Å². The molecule has 0 spiro atoms. The lowest BCUT2D eigenvalue weighted by Gasteiger charge is -2.35. The Morgan fingerprint density at radius 1 is 1.09 bits per heavy atom. The molecule has 2 aliphatic rings. The molecule has 33 heavy (non-hydrogen) atoms. The van der Waals surface area contributed by atoms with E-state index in [0.717, 1.165) is 64.5 Å². The number of fused-ring (bicyclic) bond motifs is 2. The number of aryl methyl sites for hydroxylation is 3. The summed E-state index contributed by atoms with van der Waals surface area (Å²) in [6, 6.07) is 8.50. The van der Waals surface area contributed by atoms with E-state index in [1.54, 1.807) is 20.2 Å². The third-order valence-corrected chi connectivity index (χ3v) is 7.04. The number of alkyl halides is 1. The molecule has 0 radical (unpaired) electrons. The molecule has 1 aromatic carbocycles. The number of halogens is 1. The standard InChI is InChI=1S/C27H31FN4O/c1-17-12-20(14-29-18(17)2)19-8-9-24-21(13-19)15-32(10-11-33-24)26-25-22(27(3,4)28)6-5-7-23(25)30-16-31-26/h8-9,12-14,16,22H,5-7,10-11,15H2,1-4H3. The number of aromatic nitrogens is 3.